The van der Waals surface area contributed by atoms with E-state index in [-0.39, 0.29) is 24.0 Å². The van der Waals surface area contributed by atoms with Gasteiger partial charge in [-0.15, -0.1) is 24.0 Å². The second-order valence-corrected chi connectivity index (χ2v) is 8.45. The first-order valence-corrected chi connectivity index (χ1v) is 11.1. The van der Waals surface area contributed by atoms with Gasteiger partial charge in [0.25, 0.3) is 0 Å². The van der Waals surface area contributed by atoms with Crippen LogP contribution in [0.25, 0.3) is 0 Å². The highest BCUT2D eigenvalue weighted by molar-refractivity contribution is 14.0. The Kier molecular flexibility index (Phi) is 12.9. The molecule has 2 heterocycles. The predicted molar refractivity (Wildman–Crippen MR) is 128 cm³/mol. The maximum atomic E-state index is 4.92. The van der Waals surface area contributed by atoms with E-state index in [4.69, 9.17) is 4.99 Å². The van der Waals surface area contributed by atoms with E-state index in [1.807, 2.05) is 0 Å². The molecule has 27 heavy (non-hydrogen) atoms. The second-order valence-electron chi connectivity index (χ2n) is 8.45. The zero-order valence-electron chi connectivity index (χ0n) is 18.3. The van der Waals surface area contributed by atoms with Crippen LogP contribution in [-0.4, -0.2) is 86.1 Å². The van der Waals surface area contributed by atoms with Crippen LogP contribution in [0.3, 0.4) is 0 Å². The molecule has 5 nitrogen and oxygen atoms in total. The minimum atomic E-state index is 0. The first-order chi connectivity index (χ1) is 12.6. The monoisotopic (exact) mass is 493 g/mol. The molecule has 1 N–H and O–H groups in total. The third-order valence-electron chi connectivity index (χ3n) is 5.78. The summed E-state index contributed by atoms with van der Waals surface area (Å²) >= 11 is 0. The summed E-state index contributed by atoms with van der Waals surface area (Å²) in [6.45, 7) is 20.8. The predicted octanol–water partition coefficient (Wildman–Crippen LogP) is 3.36. The van der Waals surface area contributed by atoms with E-state index >= 15 is 0 Å². The lowest BCUT2D eigenvalue weighted by Crippen LogP contribution is -2.46. The van der Waals surface area contributed by atoms with Crippen molar-refractivity contribution < 1.29 is 0 Å². The number of piperazine rings is 1. The number of guanidine groups is 1. The molecule has 6 heteroatoms. The summed E-state index contributed by atoms with van der Waals surface area (Å²) in [4.78, 5) is 12.6. The van der Waals surface area contributed by atoms with Gasteiger partial charge in [-0.05, 0) is 57.5 Å². The number of rotatable bonds is 9. The van der Waals surface area contributed by atoms with Crippen LogP contribution < -0.4 is 5.32 Å². The van der Waals surface area contributed by atoms with Gasteiger partial charge in [-0.3, -0.25) is 4.99 Å². The molecule has 0 aliphatic carbocycles. The van der Waals surface area contributed by atoms with Crippen LogP contribution in [0.1, 0.15) is 53.4 Å². The van der Waals surface area contributed by atoms with Crippen molar-refractivity contribution in [1.82, 2.24) is 20.0 Å². The average Bonchev–Trinajstić information content (AvgIpc) is 3.08. The molecule has 0 amide bonds. The molecule has 0 aromatic carbocycles. The fourth-order valence-electron chi connectivity index (χ4n) is 4.27. The van der Waals surface area contributed by atoms with Crippen LogP contribution in [0.15, 0.2) is 4.99 Å². The highest BCUT2D eigenvalue weighted by Crippen LogP contribution is 2.23. The molecule has 2 fully saturated rings. The number of nitrogens with zero attached hydrogens (tertiary/aromatic N) is 4. The SMILES string of the molecule is CCNC(=NCCCCN1CCN(CC)CC1)N1CCC(CC(C)C)C1.I. The molecular formula is C21H44IN5. The smallest absolute Gasteiger partial charge is 0.193 e. The van der Waals surface area contributed by atoms with Crippen molar-refractivity contribution in [2.45, 2.75) is 53.4 Å². The largest absolute Gasteiger partial charge is 0.357 e. The Hall–Kier alpha value is -0.0800. The summed E-state index contributed by atoms with van der Waals surface area (Å²) < 4.78 is 0. The van der Waals surface area contributed by atoms with Gasteiger partial charge in [-0.25, -0.2) is 0 Å². The maximum Gasteiger partial charge on any atom is 0.193 e. The van der Waals surface area contributed by atoms with Crippen molar-refractivity contribution >= 4 is 29.9 Å². The maximum absolute atomic E-state index is 4.92. The molecule has 2 rings (SSSR count). The van der Waals surface area contributed by atoms with E-state index < -0.39 is 0 Å². The highest BCUT2D eigenvalue weighted by Gasteiger charge is 2.25. The van der Waals surface area contributed by atoms with Crippen molar-refractivity contribution in [3.8, 4) is 0 Å². The standard InChI is InChI=1S/C21H43N5.HI/c1-5-22-21(26-12-9-20(18-26)17-19(3)4)23-10-7-8-11-25-15-13-24(6-2)14-16-25;/h19-20H,5-18H2,1-4H3,(H,22,23);1H. The van der Waals surface area contributed by atoms with Crippen molar-refractivity contribution in [3.63, 3.8) is 0 Å². The third kappa shape index (κ3) is 9.31. The van der Waals surface area contributed by atoms with E-state index in [2.05, 4.69) is 47.7 Å². The first kappa shape index (κ1) is 25.0. The summed E-state index contributed by atoms with van der Waals surface area (Å²) in [5.74, 6) is 2.80. The molecule has 1 atom stereocenters. The molecule has 2 aliphatic rings. The van der Waals surface area contributed by atoms with Gasteiger partial charge in [0.15, 0.2) is 5.96 Å². The van der Waals surface area contributed by atoms with Crippen molar-refractivity contribution in [2.24, 2.45) is 16.8 Å². The molecular weight excluding hydrogens is 449 g/mol. The van der Waals surface area contributed by atoms with Crippen molar-refractivity contribution in [2.75, 3.05) is 65.4 Å². The Balaban J connectivity index is 0.00000364. The van der Waals surface area contributed by atoms with Gasteiger partial charge in [0.1, 0.15) is 0 Å². The quantitative estimate of drug-likeness (QED) is 0.231. The van der Waals surface area contributed by atoms with Crippen molar-refractivity contribution in [1.29, 1.82) is 0 Å². The lowest BCUT2D eigenvalue weighted by Gasteiger charge is -2.33. The van der Waals surface area contributed by atoms with Crippen LogP contribution in [0.4, 0.5) is 0 Å². The number of nitrogens with one attached hydrogen (secondary N) is 1. The molecule has 0 spiro atoms. The Labute approximate surface area is 185 Å². The van der Waals surface area contributed by atoms with E-state index in [9.17, 15) is 0 Å². The minimum absolute atomic E-state index is 0. The number of likely N-dealkylation sites (N-methyl/N-ethyl adjacent to an activating group) is 1. The van der Waals surface area contributed by atoms with Crippen LogP contribution in [0.5, 0.6) is 0 Å². The van der Waals surface area contributed by atoms with E-state index in [0.717, 1.165) is 30.9 Å². The number of likely N-dealkylation sites (tertiary alicyclic amines) is 1. The topological polar surface area (TPSA) is 34.1 Å². The molecule has 0 saturated carbocycles. The summed E-state index contributed by atoms with van der Waals surface area (Å²) in [6.07, 6.45) is 5.14. The number of aliphatic imine (C=N–C) groups is 1. The zero-order chi connectivity index (χ0) is 18.8. The summed E-state index contributed by atoms with van der Waals surface area (Å²) in [7, 11) is 0. The molecule has 0 aromatic heterocycles. The molecule has 1 unspecified atom stereocenters. The molecule has 0 aromatic rings. The van der Waals surface area contributed by atoms with Gasteiger partial charge in [-0.2, -0.15) is 0 Å². The fourth-order valence-corrected chi connectivity index (χ4v) is 4.27. The van der Waals surface area contributed by atoms with Crippen LogP contribution in [0.2, 0.25) is 0 Å². The van der Waals surface area contributed by atoms with Gasteiger partial charge in [0.2, 0.25) is 0 Å². The molecule has 160 valence electrons. The normalized spacial score (nSPS) is 22.3. The number of halogens is 1. The molecule has 0 radical (unpaired) electrons. The lowest BCUT2D eigenvalue weighted by atomic mass is 9.97. The number of unbranched alkanes of at least 4 members (excludes halogenated alkanes) is 1. The average molecular weight is 494 g/mol. The van der Waals surface area contributed by atoms with Gasteiger partial charge in [0.05, 0.1) is 0 Å². The van der Waals surface area contributed by atoms with E-state index in [1.165, 1.54) is 78.0 Å². The lowest BCUT2D eigenvalue weighted by molar-refractivity contribution is 0.136. The van der Waals surface area contributed by atoms with Crippen LogP contribution >= 0.6 is 24.0 Å². The molecule has 0 bridgehead atoms. The Morgan fingerprint density at radius 1 is 1.04 bits per heavy atom. The number of hydrogen-bond acceptors (Lipinski definition) is 3. The zero-order valence-corrected chi connectivity index (χ0v) is 20.6. The second kappa shape index (κ2) is 14.0. The highest BCUT2D eigenvalue weighted by atomic mass is 127. The number of hydrogen-bond donors (Lipinski definition) is 1. The fraction of sp³-hybridized carbons (Fsp3) is 0.952. The van der Waals surface area contributed by atoms with E-state index in [0.29, 0.717) is 0 Å². The van der Waals surface area contributed by atoms with Crippen LogP contribution in [0, 0.1) is 11.8 Å². The Bertz CT molecular complexity index is 407. The molecule has 2 aliphatic heterocycles. The summed E-state index contributed by atoms with van der Waals surface area (Å²) in [5.41, 5.74) is 0. The first-order valence-electron chi connectivity index (χ1n) is 11.1. The summed E-state index contributed by atoms with van der Waals surface area (Å²) in [6, 6.07) is 0. The van der Waals surface area contributed by atoms with E-state index in [1.54, 1.807) is 0 Å². The van der Waals surface area contributed by atoms with Gasteiger partial charge in [0, 0.05) is 52.4 Å². The van der Waals surface area contributed by atoms with Gasteiger partial charge in [-0.1, -0.05) is 20.8 Å². The molecule has 2 saturated heterocycles. The van der Waals surface area contributed by atoms with Crippen molar-refractivity contribution in [3.05, 3.63) is 0 Å². The van der Waals surface area contributed by atoms with Gasteiger partial charge >= 0.3 is 0 Å². The summed E-state index contributed by atoms with van der Waals surface area (Å²) in [5, 5.41) is 3.51. The minimum Gasteiger partial charge on any atom is -0.357 e. The third-order valence-corrected chi connectivity index (χ3v) is 5.78. The van der Waals surface area contributed by atoms with Gasteiger partial charge < -0.3 is 20.0 Å². The Morgan fingerprint density at radius 2 is 1.74 bits per heavy atom. The van der Waals surface area contributed by atoms with Crippen LogP contribution in [-0.2, 0) is 0 Å². The Morgan fingerprint density at radius 3 is 2.37 bits per heavy atom.